The van der Waals surface area contributed by atoms with Gasteiger partial charge in [-0.15, -0.1) is 0 Å². The Labute approximate surface area is 91.0 Å². The van der Waals surface area contributed by atoms with Crippen molar-refractivity contribution in [2.45, 2.75) is 26.7 Å². The van der Waals surface area contributed by atoms with Crippen molar-refractivity contribution in [2.24, 2.45) is 11.3 Å². The van der Waals surface area contributed by atoms with E-state index in [-0.39, 0.29) is 12.5 Å². The van der Waals surface area contributed by atoms with Gasteiger partial charge >= 0.3 is 0 Å². The average Bonchev–Trinajstić information content (AvgIpc) is 2.96. The average molecular weight is 209 g/mol. The van der Waals surface area contributed by atoms with Crippen LogP contribution in [-0.2, 0) is 4.79 Å². The summed E-state index contributed by atoms with van der Waals surface area (Å²) in [7, 11) is 0. The van der Waals surface area contributed by atoms with Crippen LogP contribution in [0.15, 0.2) is 0 Å². The van der Waals surface area contributed by atoms with Crippen LogP contribution in [0.4, 0.5) is 0 Å². The Bertz CT molecular complexity index is 263. The second-order valence-corrected chi connectivity index (χ2v) is 4.56. The van der Waals surface area contributed by atoms with Crippen LogP contribution in [0.5, 0.6) is 0 Å². The molecule has 4 nitrogen and oxygen atoms in total. The van der Waals surface area contributed by atoms with E-state index in [1.165, 1.54) is 12.8 Å². The van der Waals surface area contributed by atoms with Gasteiger partial charge in [0.05, 0.1) is 12.6 Å². The van der Waals surface area contributed by atoms with Crippen molar-refractivity contribution in [1.29, 1.82) is 5.26 Å². The van der Waals surface area contributed by atoms with Crippen LogP contribution in [0.3, 0.4) is 0 Å². The maximum Gasteiger partial charge on any atom is 0.234 e. The molecular formula is C11H19N3O. The van der Waals surface area contributed by atoms with Gasteiger partial charge in [0.25, 0.3) is 0 Å². The van der Waals surface area contributed by atoms with Crippen LogP contribution in [0.2, 0.25) is 0 Å². The van der Waals surface area contributed by atoms with Gasteiger partial charge in [0.1, 0.15) is 6.54 Å². The van der Waals surface area contributed by atoms with Crippen molar-refractivity contribution in [3.8, 4) is 6.07 Å². The van der Waals surface area contributed by atoms with E-state index in [4.69, 9.17) is 5.26 Å². The first-order valence-corrected chi connectivity index (χ1v) is 5.45. The summed E-state index contributed by atoms with van der Waals surface area (Å²) in [4.78, 5) is 11.2. The number of rotatable bonds is 6. The molecule has 0 radical (unpaired) electrons. The lowest BCUT2D eigenvalue weighted by Gasteiger charge is -2.19. The lowest BCUT2D eigenvalue weighted by molar-refractivity contribution is -0.120. The molecule has 84 valence electrons. The molecule has 0 aromatic heterocycles. The van der Waals surface area contributed by atoms with Gasteiger partial charge in [-0.05, 0) is 24.2 Å². The van der Waals surface area contributed by atoms with Crippen LogP contribution in [0.25, 0.3) is 0 Å². The Balaban J connectivity index is 2.12. The molecule has 0 aliphatic heterocycles. The first-order chi connectivity index (χ1) is 7.10. The minimum atomic E-state index is -0.101. The molecule has 1 amide bonds. The number of carbonyl (C=O) groups is 1. The molecule has 1 aliphatic rings. The second-order valence-electron chi connectivity index (χ2n) is 4.56. The van der Waals surface area contributed by atoms with E-state index in [1.807, 2.05) is 6.07 Å². The Morgan fingerprint density at radius 2 is 2.20 bits per heavy atom. The van der Waals surface area contributed by atoms with Crippen LogP contribution in [-0.4, -0.2) is 25.5 Å². The van der Waals surface area contributed by atoms with Gasteiger partial charge in [-0.2, -0.15) is 5.26 Å². The van der Waals surface area contributed by atoms with Crippen molar-refractivity contribution in [3.63, 3.8) is 0 Å². The zero-order chi connectivity index (χ0) is 11.3. The zero-order valence-corrected chi connectivity index (χ0v) is 9.47. The SMILES string of the molecule is CC(C)C1(CNCC(=O)NCC#N)CC1. The summed E-state index contributed by atoms with van der Waals surface area (Å²) in [6.45, 7) is 5.77. The molecular weight excluding hydrogens is 190 g/mol. The first-order valence-electron chi connectivity index (χ1n) is 5.45. The van der Waals surface area contributed by atoms with Crippen LogP contribution in [0.1, 0.15) is 26.7 Å². The van der Waals surface area contributed by atoms with E-state index in [0.29, 0.717) is 17.9 Å². The number of amides is 1. The number of nitrogens with one attached hydrogen (secondary N) is 2. The first kappa shape index (κ1) is 12.0. The highest BCUT2D eigenvalue weighted by molar-refractivity contribution is 5.78. The van der Waals surface area contributed by atoms with E-state index < -0.39 is 0 Å². The van der Waals surface area contributed by atoms with E-state index in [2.05, 4.69) is 24.5 Å². The molecule has 0 spiro atoms. The highest BCUT2D eigenvalue weighted by Gasteiger charge is 2.44. The number of hydrogen-bond donors (Lipinski definition) is 2. The third-order valence-corrected chi connectivity index (χ3v) is 3.24. The molecule has 1 aliphatic carbocycles. The molecule has 1 fully saturated rings. The fraction of sp³-hybridized carbons (Fsp3) is 0.818. The summed E-state index contributed by atoms with van der Waals surface area (Å²) in [6, 6.07) is 1.88. The highest BCUT2D eigenvalue weighted by atomic mass is 16.1. The second kappa shape index (κ2) is 5.13. The molecule has 0 atom stereocenters. The molecule has 0 unspecified atom stereocenters. The quantitative estimate of drug-likeness (QED) is 0.631. The summed E-state index contributed by atoms with van der Waals surface area (Å²) < 4.78 is 0. The Hall–Kier alpha value is -1.08. The van der Waals surface area contributed by atoms with Crippen LogP contribution >= 0.6 is 0 Å². The van der Waals surface area contributed by atoms with Crippen molar-refractivity contribution in [2.75, 3.05) is 19.6 Å². The molecule has 0 aromatic rings. The molecule has 0 saturated heterocycles. The van der Waals surface area contributed by atoms with Gasteiger partial charge in [-0.1, -0.05) is 13.8 Å². The maximum absolute atomic E-state index is 11.2. The minimum absolute atomic E-state index is 0.0931. The summed E-state index contributed by atoms with van der Waals surface area (Å²) >= 11 is 0. The lowest BCUT2D eigenvalue weighted by atomic mass is 9.92. The molecule has 2 N–H and O–H groups in total. The number of nitriles is 1. The topological polar surface area (TPSA) is 64.9 Å². The molecule has 4 heteroatoms. The Morgan fingerprint density at radius 1 is 1.53 bits per heavy atom. The number of nitrogens with zero attached hydrogens (tertiary/aromatic N) is 1. The van der Waals surface area contributed by atoms with Crippen molar-refractivity contribution in [1.82, 2.24) is 10.6 Å². The molecule has 1 saturated carbocycles. The van der Waals surface area contributed by atoms with Gasteiger partial charge in [0.2, 0.25) is 5.91 Å². The zero-order valence-electron chi connectivity index (χ0n) is 9.47. The summed E-state index contributed by atoms with van der Waals surface area (Å²) in [5.74, 6) is 0.572. The monoisotopic (exact) mass is 209 g/mol. The highest BCUT2D eigenvalue weighted by Crippen LogP contribution is 2.51. The smallest absolute Gasteiger partial charge is 0.234 e. The predicted molar refractivity (Wildman–Crippen MR) is 58.0 cm³/mol. The number of hydrogen-bond acceptors (Lipinski definition) is 3. The van der Waals surface area contributed by atoms with Crippen molar-refractivity contribution < 1.29 is 4.79 Å². The third-order valence-electron chi connectivity index (χ3n) is 3.24. The van der Waals surface area contributed by atoms with Crippen molar-refractivity contribution in [3.05, 3.63) is 0 Å². The number of carbonyl (C=O) groups excluding carboxylic acids is 1. The Morgan fingerprint density at radius 3 is 2.67 bits per heavy atom. The fourth-order valence-electron chi connectivity index (χ4n) is 1.74. The summed E-state index contributed by atoms with van der Waals surface area (Å²) in [5.41, 5.74) is 0.426. The molecule has 0 heterocycles. The fourth-order valence-corrected chi connectivity index (χ4v) is 1.74. The van der Waals surface area contributed by atoms with Gasteiger partial charge in [0.15, 0.2) is 0 Å². The maximum atomic E-state index is 11.2. The molecule has 1 rings (SSSR count). The van der Waals surface area contributed by atoms with E-state index in [1.54, 1.807) is 0 Å². The normalized spacial score (nSPS) is 17.2. The molecule has 0 aromatic carbocycles. The molecule has 15 heavy (non-hydrogen) atoms. The van der Waals surface area contributed by atoms with Crippen LogP contribution in [0, 0.1) is 22.7 Å². The standard InChI is InChI=1S/C11H19N3O/c1-9(2)11(3-4-11)8-13-7-10(15)14-6-5-12/h9,13H,3-4,6-8H2,1-2H3,(H,14,15). The third kappa shape index (κ3) is 3.52. The van der Waals surface area contributed by atoms with Crippen molar-refractivity contribution >= 4 is 5.91 Å². The minimum Gasteiger partial charge on any atom is -0.342 e. The predicted octanol–water partition coefficient (Wildman–Crippen LogP) is 0.652. The van der Waals surface area contributed by atoms with E-state index >= 15 is 0 Å². The van der Waals surface area contributed by atoms with Gasteiger partial charge in [-0.25, -0.2) is 0 Å². The molecule has 0 bridgehead atoms. The van der Waals surface area contributed by atoms with Gasteiger partial charge in [0, 0.05) is 6.54 Å². The largest absolute Gasteiger partial charge is 0.342 e. The van der Waals surface area contributed by atoms with Crippen LogP contribution < -0.4 is 10.6 Å². The summed E-state index contributed by atoms with van der Waals surface area (Å²) in [5, 5.41) is 13.9. The van der Waals surface area contributed by atoms with Gasteiger partial charge < -0.3 is 10.6 Å². The van der Waals surface area contributed by atoms with E-state index in [0.717, 1.165) is 6.54 Å². The lowest BCUT2D eigenvalue weighted by Crippen LogP contribution is -2.37. The van der Waals surface area contributed by atoms with E-state index in [9.17, 15) is 4.79 Å². The Kier molecular flexibility index (Phi) is 4.10. The summed E-state index contributed by atoms with van der Waals surface area (Å²) in [6.07, 6.45) is 2.52. The van der Waals surface area contributed by atoms with Gasteiger partial charge in [-0.3, -0.25) is 4.79 Å².